The molecule has 0 aliphatic carbocycles. The zero-order valence-electron chi connectivity index (χ0n) is 16.2. The topological polar surface area (TPSA) is 79.3 Å². The van der Waals surface area contributed by atoms with E-state index >= 15 is 0 Å². The van der Waals surface area contributed by atoms with E-state index in [1.54, 1.807) is 0 Å². The number of carbonyl (C=O) groups is 2. The zero-order valence-corrected chi connectivity index (χ0v) is 17.7. The second-order valence-corrected chi connectivity index (χ2v) is 8.35. The van der Waals surface area contributed by atoms with E-state index in [2.05, 4.69) is 10.3 Å². The van der Waals surface area contributed by atoms with Crippen LogP contribution in [0, 0.1) is 0 Å². The van der Waals surface area contributed by atoms with Crippen molar-refractivity contribution >= 4 is 39.8 Å². The van der Waals surface area contributed by atoms with Crippen molar-refractivity contribution in [2.24, 2.45) is 0 Å². The molecule has 0 fully saturated rings. The van der Waals surface area contributed by atoms with Crippen LogP contribution in [0.25, 0.3) is 0 Å². The molecule has 0 amide bonds. The molecule has 4 rings (SSSR count). The SMILES string of the molecule is O=C(O)C(=O)c1nc(NC(c2ccccc2)(c2ccccc2)c2ccccc2)sc1Cl. The quantitative estimate of drug-likeness (QED) is 0.223. The van der Waals surface area contributed by atoms with E-state index in [0.29, 0.717) is 5.13 Å². The number of carboxylic acids is 1. The number of carboxylic acid groups (broad SMARTS) is 1. The summed E-state index contributed by atoms with van der Waals surface area (Å²) in [4.78, 5) is 27.4. The van der Waals surface area contributed by atoms with Gasteiger partial charge in [0.25, 0.3) is 5.78 Å². The summed E-state index contributed by atoms with van der Waals surface area (Å²) in [5.74, 6) is -2.74. The molecule has 1 aromatic heterocycles. The highest BCUT2D eigenvalue weighted by Gasteiger charge is 2.37. The molecule has 154 valence electrons. The molecule has 0 saturated carbocycles. The molecule has 0 spiro atoms. The third-order valence-electron chi connectivity index (χ3n) is 4.91. The molecule has 7 heteroatoms. The number of ketones is 1. The molecular weight excluding hydrogens is 432 g/mol. The highest BCUT2D eigenvalue weighted by atomic mass is 35.5. The molecule has 5 nitrogen and oxygen atoms in total. The maximum Gasteiger partial charge on any atom is 0.379 e. The summed E-state index contributed by atoms with van der Waals surface area (Å²) in [6, 6.07) is 29.6. The molecule has 0 atom stereocenters. The van der Waals surface area contributed by atoms with Gasteiger partial charge < -0.3 is 10.4 Å². The lowest BCUT2D eigenvalue weighted by Crippen LogP contribution is -2.38. The summed E-state index contributed by atoms with van der Waals surface area (Å²) in [6.45, 7) is 0. The lowest BCUT2D eigenvalue weighted by atomic mass is 9.77. The first-order valence-corrected chi connectivity index (χ1v) is 10.6. The van der Waals surface area contributed by atoms with Crippen LogP contribution in [0.4, 0.5) is 5.13 Å². The van der Waals surface area contributed by atoms with E-state index in [0.717, 1.165) is 28.0 Å². The minimum Gasteiger partial charge on any atom is -0.475 e. The highest BCUT2D eigenvalue weighted by molar-refractivity contribution is 7.19. The Balaban J connectivity index is 1.94. The molecule has 2 N–H and O–H groups in total. The molecule has 0 aliphatic heterocycles. The van der Waals surface area contributed by atoms with Gasteiger partial charge in [-0.15, -0.1) is 0 Å². The van der Waals surface area contributed by atoms with E-state index in [9.17, 15) is 9.59 Å². The fraction of sp³-hybridized carbons (Fsp3) is 0.0417. The van der Waals surface area contributed by atoms with Gasteiger partial charge in [0.1, 0.15) is 9.88 Å². The van der Waals surface area contributed by atoms with Crippen LogP contribution in [0.3, 0.4) is 0 Å². The number of hydrogen-bond acceptors (Lipinski definition) is 5. The Kier molecular flexibility index (Phi) is 5.84. The van der Waals surface area contributed by atoms with Crippen molar-refractivity contribution in [3.8, 4) is 0 Å². The van der Waals surface area contributed by atoms with Gasteiger partial charge in [0.05, 0.1) is 0 Å². The van der Waals surface area contributed by atoms with Crippen LogP contribution in [0.5, 0.6) is 0 Å². The van der Waals surface area contributed by atoms with E-state index in [1.807, 2.05) is 91.0 Å². The Hall–Kier alpha value is -3.48. The number of aromatic nitrogens is 1. The van der Waals surface area contributed by atoms with Gasteiger partial charge in [-0.25, -0.2) is 9.78 Å². The van der Waals surface area contributed by atoms with Crippen LogP contribution in [-0.4, -0.2) is 21.8 Å². The van der Waals surface area contributed by atoms with Gasteiger partial charge in [-0.05, 0) is 16.7 Å². The number of halogens is 1. The molecular formula is C24H17ClN2O3S. The monoisotopic (exact) mass is 448 g/mol. The van der Waals surface area contributed by atoms with E-state index in [-0.39, 0.29) is 10.0 Å². The van der Waals surface area contributed by atoms with E-state index < -0.39 is 17.3 Å². The van der Waals surface area contributed by atoms with E-state index in [4.69, 9.17) is 16.7 Å². The van der Waals surface area contributed by atoms with Crippen LogP contribution in [-0.2, 0) is 10.3 Å². The zero-order chi connectivity index (χ0) is 21.8. The number of carbonyl (C=O) groups excluding carboxylic acids is 1. The predicted molar refractivity (Wildman–Crippen MR) is 122 cm³/mol. The fourth-order valence-corrected chi connectivity index (χ4v) is 4.63. The fourth-order valence-electron chi connectivity index (χ4n) is 3.54. The Labute approximate surface area is 188 Å². The van der Waals surface area contributed by atoms with Gasteiger partial charge in [-0.3, -0.25) is 4.79 Å². The molecule has 1 heterocycles. The maximum atomic E-state index is 12.0. The van der Waals surface area contributed by atoms with Gasteiger partial charge in [0.15, 0.2) is 10.8 Å². The molecule has 3 aromatic carbocycles. The number of thiazole rings is 1. The highest BCUT2D eigenvalue weighted by Crippen LogP contribution is 2.41. The maximum absolute atomic E-state index is 12.0. The van der Waals surface area contributed by atoms with E-state index in [1.165, 1.54) is 0 Å². The number of anilines is 1. The van der Waals surface area contributed by atoms with Crippen LogP contribution < -0.4 is 5.32 Å². The lowest BCUT2D eigenvalue weighted by molar-refractivity contribution is -0.131. The standard InChI is InChI=1S/C24H17ClN2O3S/c25-21-19(20(28)22(29)30)26-23(31-21)27-24(16-10-4-1-5-11-16,17-12-6-2-7-13-17)18-14-8-3-9-15-18/h1-15H,(H,26,27)(H,29,30). The summed E-state index contributed by atoms with van der Waals surface area (Å²) >= 11 is 7.21. The number of Topliss-reactive ketones (excluding diaryl/α,β-unsaturated/α-hetero) is 1. The summed E-state index contributed by atoms with van der Waals surface area (Å²) in [7, 11) is 0. The second kappa shape index (κ2) is 8.71. The number of hydrogen-bond donors (Lipinski definition) is 2. The largest absolute Gasteiger partial charge is 0.475 e. The summed E-state index contributed by atoms with van der Waals surface area (Å²) < 4.78 is 0.0259. The number of nitrogens with zero attached hydrogens (tertiary/aromatic N) is 1. The number of rotatable bonds is 7. The van der Waals surface area contributed by atoms with Crippen molar-refractivity contribution < 1.29 is 14.7 Å². The number of aliphatic carboxylic acids is 1. The summed E-state index contributed by atoms with van der Waals surface area (Å²) in [6.07, 6.45) is 0. The van der Waals surface area contributed by atoms with Gasteiger partial charge in [0, 0.05) is 0 Å². The van der Waals surface area contributed by atoms with Crippen molar-refractivity contribution in [3.05, 3.63) is 118 Å². The van der Waals surface area contributed by atoms with Crippen molar-refractivity contribution in [2.75, 3.05) is 5.32 Å². The molecule has 0 saturated heterocycles. The van der Waals surface area contributed by atoms with Crippen LogP contribution in [0.1, 0.15) is 27.2 Å². The molecule has 0 bridgehead atoms. The van der Waals surface area contributed by atoms with Crippen molar-refractivity contribution in [1.82, 2.24) is 4.98 Å². The van der Waals surface area contributed by atoms with Gasteiger partial charge in [0.2, 0.25) is 0 Å². The van der Waals surface area contributed by atoms with Crippen molar-refractivity contribution in [1.29, 1.82) is 0 Å². The number of nitrogens with one attached hydrogen (secondary N) is 1. The molecule has 0 aliphatic rings. The van der Waals surface area contributed by atoms with Crippen LogP contribution in [0.15, 0.2) is 91.0 Å². The molecule has 31 heavy (non-hydrogen) atoms. The van der Waals surface area contributed by atoms with Crippen molar-refractivity contribution in [2.45, 2.75) is 5.54 Å². The lowest BCUT2D eigenvalue weighted by Gasteiger charge is -2.36. The first kappa shape index (κ1) is 20.8. The minimum atomic E-state index is -1.60. The Morgan fingerprint density at radius 3 is 1.61 bits per heavy atom. The average Bonchev–Trinajstić information content (AvgIpc) is 3.18. The number of benzene rings is 3. The van der Waals surface area contributed by atoms with Gasteiger partial charge >= 0.3 is 5.97 Å². The molecule has 0 radical (unpaired) electrons. The first-order valence-electron chi connectivity index (χ1n) is 9.41. The normalized spacial score (nSPS) is 11.1. The van der Waals surface area contributed by atoms with Crippen LogP contribution in [0.2, 0.25) is 4.34 Å². The summed E-state index contributed by atoms with van der Waals surface area (Å²) in [5, 5.41) is 12.9. The third-order valence-corrected chi connectivity index (χ3v) is 6.08. The minimum absolute atomic E-state index is 0.0259. The van der Waals surface area contributed by atoms with Crippen molar-refractivity contribution in [3.63, 3.8) is 0 Å². The first-order chi connectivity index (χ1) is 15.0. The third kappa shape index (κ3) is 3.95. The second-order valence-electron chi connectivity index (χ2n) is 6.75. The van der Waals surface area contributed by atoms with Gasteiger partial charge in [-0.2, -0.15) is 0 Å². The molecule has 0 unspecified atom stereocenters. The van der Waals surface area contributed by atoms with Gasteiger partial charge in [-0.1, -0.05) is 114 Å². The van der Waals surface area contributed by atoms with Crippen LogP contribution >= 0.6 is 22.9 Å². The smallest absolute Gasteiger partial charge is 0.379 e. The Morgan fingerprint density at radius 2 is 1.23 bits per heavy atom. The Morgan fingerprint density at radius 1 is 0.806 bits per heavy atom. The Bertz CT molecular complexity index is 1110. The summed E-state index contributed by atoms with van der Waals surface area (Å²) in [5.41, 5.74) is 1.72. The average molecular weight is 449 g/mol. The molecule has 4 aromatic rings. The predicted octanol–water partition coefficient (Wildman–Crippen LogP) is 5.47.